The predicted molar refractivity (Wildman–Crippen MR) is 120 cm³/mol. The third kappa shape index (κ3) is 5.00. The molecule has 8 nitrogen and oxygen atoms in total. The molecule has 1 saturated heterocycles. The number of fused-ring (bicyclic) bond motifs is 1. The highest BCUT2D eigenvalue weighted by Crippen LogP contribution is 2.36. The third-order valence-corrected chi connectivity index (χ3v) is 5.58. The molecule has 31 heavy (non-hydrogen) atoms. The first kappa shape index (κ1) is 21.6. The molecule has 0 spiro atoms. The molecular weight excluding hydrogens is 444 g/mol. The second kappa shape index (κ2) is 9.67. The van der Waals surface area contributed by atoms with Gasteiger partial charge in [-0.05, 0) is 24.4 Å². The lowest BCUT2D eigenvalue weighted by molar-refractivity contribution is -0.0280. The normalized spacial score (nSPS) is 17.3. The summed E-state index contributed by atoms with van der Waals surface area (Å²) in [6, 6.07) is 8.94. The number of anilines is 1. The van der Waals surface area contributed by atoms with Crippen LogP contribution in [0.15, 0.2) is 30.3 Å². The Morgan fingerprint density at radius 3 is 2.77 bits per heavy atom. The van der Waals surface area contributed by atoms with Crippen LogP contribution in [0.1, 0.15) is 0 Å². The Bertz CT molecular complexity index is 960. The van der Waals surface area contributed by atoms with Crippen LogP contribution in [-0.2, 0) is 4.74 Å². The van der Waals surface area contributed by atoms with Crippen LogP contribution in [0.25, 0.3) is 0 Å². The number of hydrogen-bond acceptors (Lipinski definition) is 7. The van der Waals surface area contributed by atoms with Crippen molar-refractivity contribution in [1.29, 1.82) is 0 Å². The lowest BCUT2D eigenvalue weighted by atomic mass is 10.2. The van der Waals surface area contributed by atoms with Gasteiger partial charge in [0.25, 0.3) is 0 Å². The average Bonchev–Trinajstić information content (AvgIpc) is 3.26. The number of ether oxygens (including phenoxy) is 6. The van der Waals surface area contributed by atoms with Crippen molar-refractivity contribution in [2.45, 2.75) is 6.10 Å². The summed E-state index contributed by atoms with van der Waals surface area (Å²) in [5.74, 6) is 3.21. The molecule has 2 aliphatic rings. The smallest absolute Gasteiger partial charge is 0.231 e. The maximum absolute atomic E-state index is 6.18. The summed E-state index contributed by atoms with van der Waals surface area (Å²) in [6.45, 7) is 2.41. The summed E-state index contributed by atoms with van der Waals surface area (Å²) in [5, 5.41) is 4.24. The number of methoxy groups -OCH3 is 2. The van der Waals surface area contributed by atoms with Crippen molar-refractivity contribution in [3.8, 4) is 28.7 Å². The molecule has 2 aromatic carbocycles. The van der Waals surface area contributed by atoms with Gasteiger partial charge in [0.2, 0.25) is 6.79 Å². The van der Waals surface area contributed by atoms with Gasteiger partial charge in [-0.15, -0.1) is 0 Å². The summed E-state index contributed by atoms with van der Waals surface area (Å²) in [6.07, 6.45) is -0.138. The fourth-order valence-electron chi connectivity index (χ4n) is 3.31. The Hall–Kier alpha value is -2.62. The summed E-state index contributed by atoms with van der Waals surface area (Å²) in [5.41, 5.74) is 0.674. The molecule has 2 heterocycles. The van der Waals surface area contributed by atoms with Crippen LogP contribution in [-0.4, -0.2) is 63.4 Å². The van der Waals surface area contributed by atoms with E-state index in [1.54, 1.807) is 26.4 Å². The highest BCUT2D eigenvalue weighted by molar-refractivity contribution is 7.80. The maximum atomic E-state index is 6.18. The van der Waals surface area contributed by atoms with Gasteiger partial charge in [-0.25, -0.2) is 0 Å². The third-order valence-electron chi connectivity index (χ3n) is 4.92. The molecule has 1 N–H and O–H groups in total. The van der Waals surface area contributed by atoms with Crippen molar-refractivity contribution in [3.63, 3.8) is 0 Å². The van der Waals surface area contributed by atoms with Crippen LogP contribution < -0.4 is 29.0 Å². The summed E-state index contributed by atoms with van der Waals surface area (Å²) < 4.78 is 33.2. The van der Waals surface area contributed by atoms with Gasteiger partial charge < -0.3 is 38.6 Å². The standard InChI is InChI=1S/C21H23ClN2O6S/c1-25-18-9-16(19(26-2)8-15(18)22)23-21(31)24-5-6-27-14(10-24)11-28-13-3-4-17-20(7-13)30-12-29-17/h3-4,7-9,14H,5-6,10-12H2,1-2H3,(H,23,31). The van der Waals surface area contributed by atoms with Crippen LogP contribution in [0.4, 0.5) is 5.69 Å². The van der Waals surface area contributed by atoms with Crippen molar-refractivity contribution in [2.24, 2.45) is 0 Å². The average molecular weight is 467 g/mol. The largest absolute Gasteiger partial charge is 0.495 e. The lowest BCUT2D eigenvalue weighted by Gasteiger charge is -2.34. The Morgan fingerprint density at radius 2 is 1.97 bits per heavy atom. The van der Waals surface area contributed by atoms with E-state index in [-0.39, 0.29) is 12.9 Å². The number of nitrogens with zero attached hydrogens (tertiary/aromatic N) is 1. The zero-order chi connectivity index (χ0) is 21.8. The summed E-state index contributed by atoms with van der Waals surface area (Å²) >= 11 is 11.8. The minimum Gasteiger partial charge on any atom is -0.495 e. The number of rotatable bonds is 6. The number of halogens is 1. The molecule has 1 fully saturated rings. The zero-order valence-electron chi connectivity index (χ0n) is 17.2. The molecule has 0 aliphatic carbocycles. The predicted octanol–water partition coefficient (Wildman–Crippen LogP) is 3.56. The quantitative estimate of drug-likeness (QED) is 0.643. The second-order valence-electron chi connectivity index (χ2n) is 6.88. The van der Waals surface area contributed by atoms with Crippen LogP contribution in [0.3, 0.4) is 0 Å². The van der Waals surface area contributed by atoms with Crippen molar-refractivity contribution in [1.82, 2.24) is 4.90 Å². The van der Waals surface area contributed by atoms with Gasteiger partial charge >= 0.3 is 0 Å². The van der Waals surface area contributed by atoms with Gasteiger partial charge in [-0.2, -0.15) is 0 Å². The van der Waals surface area contributed by atoms with Gasteiger partial charge in [0.15, 0.2) is 16.6 Å². The van der Waals surface area contributed by atoms with Crippen LogP contribution >= 0.6 is 23.8 Å². The van der Waals surface area contributed by atoms with Gasteiger partial charge in [0.05, 0.1) is 31.5 Å². The molecule has 0 saturated carbocycles. The highest BCUT2D eigenvalue weighted by Gasteiger charge is 2.24. The molecule has 166 valence electrons. The van der Waals surface area contributed by atoms with Crippen LogP contribution in [0.5, 0.6) is 28.7 Å². The molecule has 0 aromatic heterocycles. The van der Waals surface area contributed by atoms with E-state index in [9.17, 15) is 0 Å². The van der Waals surface area contributed by atoms with Crippen molar-refractivity contribution < 1.29 is 28.4 Å². The van der Waals surface area contributed by atoms with Crippen molar-refractivity contribution >= 4 is 34.6 Å². The Labute approximate surface area is 190 Å². The number of nitrogens with one attached hydrogen (secondary N) is 1. The Morgan fingerprint density at radius 1 is 1.16 bits per heavy atom. The Kier molecular flexibility index (Phi) is 6.74. The van der Waals surface area contributed by atoms with E-state index in [1.165, 1.54) is 0 Å². The van der Waals surface area contributed by atoms with E-state index >= 15 is 0 Å². The SMILES string of the molecule is COc1cc(NC(=S)N2CCOC(COc3ccc4c(c3)OCO4)C2)c(OC)cc1Cl. The van der Waals surface area contributed by atoms with E-state index < -0.39 is 0 Å². The minimum atomic E-state index is -0.138. The lowest BCUT2D eigenvalue weighted by Crippen LogP contribution is -2.49. The number of benzene rings is 2. The molecule has 10 heteroatoms. The molecule has 2 aromatic rings. The van der Waals surface area contributed by atoms with Crippen LogP contribution in [0.2, 0.25) is 5.02 Å². The van der Waals surface area contributed by atoms with Crippen LogP contribution in [0, 0.1) is 0 Å². The van der Waals surface area contributed by atoms with E-state index in [1.807, 2.05) is 23.1 Å². The topological polar surface area (TPSA) is 70.7 Å². The van der Waals surface area contributed by atoms with Gasteiger partial charge in [-0.1, -0.05) is 11.6 Å². The first-order valence-electron chi connectivity index (χ1n) is 9.69. The number of morpholine rings is 1. The van der Waals surface area contributed by atoms with E-state index in [2.05, 4.69) is 5.32 Å². The molecule has 1 atom stereocenters. The molecule has 1 unspecified atom stereocenters. The zero-order valence-corrected chi connectivity index (χ0v) is 18.8. The first-order chi connectivity index (χ1) is 15.1. The van der Waals surface area contributed by atoms with Gasteiger partial charge in [-0.3, -0.25) is 0 Å². The highest BCUT2D eigenvalue weighted by atomic mass is 35.5. The van der Waals surface area contributed by atoms with E-state index in [0.717, 1.165) is 5.75 Å². The number of thiocarbonyl (C=S) groups is 1. The van der Waals surface area contributed by atoms with E-state index in [4.69, 9.17) is 52.2 Å². The molecular formula is C21H23ClN2O6S. The van der Waals surface area contributed by atoms with Crippen molar-refractivity contribution in [2.75, 3.05) is 52.6 Å². The second-order valence-corrected chi connectivity index (χ2v) is 7.68. The molecule has 0 amide bonds. The fraction of sp³-hybridized carbons (Fsp3) is 0.381. The Balaban J connectivity index is 1.35. The molecule has 4 rings (SSSR count). The van der Waals surface area contributed by atoms with Gasteiger partial charge in [0, 0.05) is 31.3 Å². The summed E-state index contributed by atoms with van der Waals surface area (Å²) in [4.78, 5) is 2.03. The maximum Gasteiger partial charge on any atom is 0.231 e. The minimum absolute atomic E-state index is 0.138. The van der Waals surface area contributed by atoms with Gasteiger partial charge in [0.1, 0.15) is 30.0 Å². The van der Waals surface area contributed by atoms with Crippen molar-refractivity contribution in [3.05, 3.63) is 35.4 Å². The fourth-order valence-corrected chi connectivity index (χ4v) is 3.82. The van der Waals surface area contributed by atoms with E-state index in [0.29, 0.717) is 65.1 Å². The number of hydrogen-bond donors (Lipinski definition) is 1. The first-order valence-corrected chi connectivity index (χ1v) is 10.5. The molecule has 0 radical (unpaired) electrons. The monoisotopic (exact) mass is 466 g/mol. The molecule has 2 aliphatic heterocycles. The molecule has 0 bridgehead atoms. The summed E-state index contributed by atoms with van der Waals surface area (Å²) in [7, 11) is 3.13.